The van der Waals surface area contributed by atoms with Crippen LogP contribution in [0, 0.1) is 0 Å². The van der Waals surface area contributed by atoms with Crippen LogP contribution < -0.4 is 0 Å². The van der Waals surface area contributed by atoms with E-state index in [9.17, 15) is 4.79 Å². The summed E-state index contributed by atoms with van der Waals surface area (Å²) in [6, 6.07) is 0. The Hall–Kier alpha value is -2.18. The summed E-state index contributed by atoms with van der Waals surface area (Å²) in [7, 11) is 3.30. The second kappa shape index (κ2) is 5.85. The topological polar surface area (TPSA) is 74.8 Å². The van der Waals surface area contributed by atoms with Crippen molar-refractivity contribution in [2.75, 3.05) is 7.11 Å². The fourth-order valence-electron chi connectivity index (χ4n) is 2.14. The zero-order valence-corrected chi connectivity index (χ0v) is 12.2. The molecule has 0 atom stereocenters. The highest BCUT2D eigenvalue weighted by Gasteiger charge is 2.22. The molecule has 0 fully saturated rings. The largest absolute Gasteiger partial charge is 0.464 e. The molecule has 0 N–H and O–H groups in total. The second-order valence-electron chi connectivity index (χ2n) is 4.90. The number of imidazole rings is 1. The van der Waals surface area contributed by atoms with Crippen LogP contribution in [-0.4, -0.2) is 37.6 Å². The van der Waals surface area contributed by atoms with Gasteiger partial charge in [-0.05, 0) is 5.92 Å². The summed E-state index contributed by atoms with van der Waals surface area (Å²) in [4.78, 5) is 16.0. The summed E-state index contributed by atoms with van der Waals surface area (Å²) in [6.07, 6.45) is 4.40. The molecule has 0 amide bonds. The van der Waals surface area contributed by atoms with Crippen LogP contribution in [0.1, 0.15) is 41.8 Å². The van der Waals surface area contributed by atoms with Gasteiger partial charge in [0, 0.05) is 25.9 Å². The van der Waals surface area contributed by atoms with E-state index in [4.69, 9.17) is 4.74 Å². The van der Waals surface area contributed by atoms with Gasteiger partial charge in [0.05, 0.1) is 19.3 Å². The van der Waals surface area contributed by atoms with Gasteiger partial charge in [-0.25, -0.2) is 14.5 Å². The molecule has 0 saturated heterocycles. The van der Waals surface area contributed by atoms with Crippen LogP contribution in [0.3, 0.4) is 0 Å². The van der Waals surface area contributed by atoms with Gasteiger partial charge in [-0.2, -0.15) is 0 Å². The molecule has 2 rings (SSSR count). The molecule has 0 aliphatic rings. The normalized spacial score (nSPS) is 11.1. The fraction of sp³-hybridized carbons (Fsp3) is 0.538. The Bertz CT molecular complexity index is 600. The fourth-order valence-corrected chi connectivity index (χ4v) is 2.14. The van der Waals surface area contributed by atoms with Crippen molar-refractivity contribution in [1.29, 1.82) is 0 Å². The Morgan fingerprint density at radius 1 is 1.45 bits per heavy atom. The molecule has 0 aromatic carbocycles. The maximum Gasteiger partial charge on any atom is 0.360 e. The summed E-state index contributed by atoms with van der Waals surface area (Å²) in [5, 5.41) is 8.01. The number of hydrogen-bond donors (Lipinski definition) is 0. The van der Waals surface area contributed by atoms with Crippen LogP contribution in [0.5, 0.6) is 0 Å². The Morgan fingerprint density at radius 2 is 2.20 bits per heavy atom. The first-order valence-electron chi connectivity index (χ1n) is 6.52. The summed E-state index contributed by atoms with van der Waals surface area (Å²) in [5.74, 6) is 0.659. The SMILES string of the molecule is COC(=O)c1nnn(CCc2nccn2C)c1C(C)C. The zero-order valence-electron chi connectivity index (χ0n) is 12.2. The van der Waals surface area contributed by atoms with Crippen molar-refractivity contribution < 1.29 is 9.53 Å². The first-order chi connectivity index (χ1) is 9.54. The maximum absolute atomic E-state index is 11.7. The number of nitrogens with zero attached hydrogens (tertiary/aromatic N) is 5. The molecule has 2 aromatic heterocycles. The van der Waals surface area contributed by atoms with Crippen LogP contribution >= 0.6 is 0 Å². The molecule has 20 heavy (non-hydrogen) atoms. The Labute approximate surface area is 117 Å². The molecule has 2 heterocycles. The first kappa shape index (κ1) is 14.2. The van der Waals surface area contributed by atoms with E-state index in [1.165, 1.54) is 7.11 Å². The van der Waals surface area contributed by atoms with Gasteiger partial charge in [0.1, 0.15) is 5.82 Å². The summed E-state index contributed by atoms with van der Waals surface area (Å²) >= 11 is 0. The second-order valence-corrected chi connectivity index (χ2v) is 4.90. The van der Waals surface area contributed by atoms with E-state index in [-0.39, 0.29) is 5.92 Å². The Morgan fingerprint density at radius 3 is 2.75 bits per heavy atom. The number of aromatic nitrogens is 5. The minimum atomic E-state index is -0.447. The quantitative estimate of drug-likeness (QED) is 0.767. The van der Waals surface area contributed by atoms with E-state index in [0.29, 0.717) is 12.2 Å². The van der Waals surface area contributed by atoms with Crippen molar-refractivity contribution in [3.05, 3.63) is 29.6 Å². The van der Waals surface area contributed by atoms with Crippen molar-refractivity contribution in [2.45, 2.75) is 32.7 Å². The standard InChI is InChI=1S/C13H19N5O2/c1-9(2)12-11(13(19)20-4)15-16-18(12)7-5-10-14-6-8-17(10)3/h6,8-9H,5,7H2,1-4H3. The first-order valence-corrected chi connectivity index (χ1v) is 6.52. The molecular formula is C13H19N5O2. The van der Waals surface area contributed by atoms with Crippen molar-refractivity contribution in [1.82, 2.24) is 24.5 Å². The van der Waals surface area contributed by atoms with Crippen molar-refractivity contribution in [3.63, 3.8) is 0 Å². The van der Waals surface area contributed by atoms with Gasteiger partial charge in [0.2, 0.25) is 0 Å². The number of hydrogen-bond acceptors (Lipinski definition) is 5. The van der Waals surface area contributed by atoms with E-state index in [2.05, 4.69) is 15.3 Å². The molecule has 108 valence electrons. The van der Waals surface area contributed by atoms with E-state index < -0.39 is 5.97 Å². The van der Waals surface area contributed by atoms with Gasteiger partial charge in [-0.1, -0.05) is 19.1 Å². The van der Waals surface area contributed by atoms with E-state index in [0.717, 1.165) is 17.9 Å². The molecule has 0 unspecified atom stereocenters. The average molecular weight is 277 g/mol. The lowest BCUT2D eigenvalue weighted by Gasteiger charge is -2.10. The van der Waals surface area contributed by atoms with Crippen LogP contribution in [0.25, 0.3) is 0 Å². The highest BCUT2D eigenvalue weighted by atomic mass is 16.5. The Kier molecular flexibility index (Phi) is 4.16. The summed E-state index contributed by atoms with van der Waals surface area (Å²) < 4.78 is 8.46. The summed E-state index contributed by atoms with van der Waals surface area (Å²) in [6.45, 7) is 4.63. The lowest BCUT2D eigenvalue weighted by atomic mass is 10.1. The van der Waals surface area contributed by atoms with Gasteiger partial charge in [0.25, 0.3) is 0 Å². The van der Waals surface area contributed by atoms with Crippen LogP contribution in [0.2, 0.25) is 0 Å². The minimum absolute atomic E-state index is 0.139. The average Bonchev–Trinajstić information content (AvgIpc) is 3.01. The van der Waals surface area contributed by atoms with Crippen molar-refractivity contribution in [3.8, 4) is 0 Å². The predicted molar refractivity (Wildman–Crippen MR) is 72.4 cm³/mol. The molecule has 0 aliphatic heterocycles. The van der Waals surface area contributed by atoms with Crippen LogP contribution in [0.15, 0.2) is 12.4 Å². The van der Waals surface area contributed by atoms with Crippen molar-refractivity contribution >= 4 is 5.97 Å². The molecule has 0 saturated carbocycles. The molecule has 0 spiro atoms. The monoisotopic (exact) mass is 277 g/mol. The predicted octanol–water partition coefficient (Wildman–Crippen LogP) is 1.16. The van der Waals surface area contributed by atoms with E-state index in [1.807, 2.05) is 31.7 Å². The highest BCUT2D eigenvalue weighted by Crippen LogP contribution is 2.18. The van der Waals surface area contributed by atoms with E-state index >= 15 is 0 Å². The summed E-state index contributed by atoms with van der Waals surface area (Å²) in [5.41, 5.74) is 1.09. The minimum Gasteiger partial charge on any atom is -0.464 e. The van der Waals surface area contributed by atoms with Gasteiger partial charge in [-0.15, -0.1) is 5.10 Å². The number of carbonyl (C=O) groups excluding carboxylic acids is 1. The van der Waals surface area contributed by atoms with Gasteiger partial charge < -0.3 is 9.30 Å². The number of esters is 1. The lowest BCUT2D eigenvalue weighted by Crippen LogP contribution is -2.13. The number of rotatable bonds is 5. The van der Waals surface area contributed by atoms with Gasteiger partial charge in [-0.3, -0.25) is 0 Å². The zero-order chi connectivity index (χ0) is 14.7. The molecule has 0 radical (unpaired) electrons. The van der Waals surface area contributed by atoms with Crippen LogP contribution in [0.4, 0.5) is 0 Å². The van der Waals surface area contributed by atoms with Crippen LogP contribution in [-0.2, 0) is 24.8 Å². The number of carbonyl (C=O) groups is 1. The van der Waals surface area contributed by atoms with Crippen molar-refractivity contribution in [2.24, 2.45) is 7.05 Å². The molecular weight excluding hydrogens is 258 g/mol. The lowest BCUT2D eigenvalue weighted by molar-refractivity contribution is 0.0592. The smallest absolute Gasteiger partial charge is 0.360 e. The molecule has 7 heteroatoms. The molecule has 0 bridgehead atoms. The molecule has 0 aliphatic carbocycles. The number of ether oxygens (including phenoxy) is 1. The van der Waals surface area contributed by atoms with Gasteiger partial charge in [0.15, 0.2) is 5.69 Å². The molecule has 2 aromatic rings. The molecule has 7 nitrogen and oxygen atoms in total. The van der Waals surface area contributed by atoms with Gasteiger partial charge >= 0.3 is 5.97 Å². The number of methoxy groups -OCH3 is 1. The third kappa shape index (κ3) is 2.71. The highest BCUT2D eigenvalue weighted by molar-refractivity contribution is 5.88. The Balaban J connectivity index is 2.21. The third-order valence-electron chi connectivity index (χ3n) is 3.17. The number of aryl methyl sites for hydroxylation is 3. The maximum atomic E-state index is 11.7. The van der Waals surface area contributed by atoms with E-state index in [1.54, 1.807) is 10.9 Å². The third-order valence-corrected chi connectivity index (χ3v) is 3.17.